The number of benzene rings is 2. The topological polar surface area (TPSA) is 70.2 Å². The number of rotatable bonds is 4. The van der Waals surface area contributed by atoms with Gasteiger partial charge in [-0.1, -0.05) is 30.7 Å². The number of carbonyl (C=O) groups is 3. The number of halogens is 1. The summed E-state index contributed by atoms with van der Waals surface area (Å²) in [6.07, 6.45) is 0.928. The second-order valence-electron chi connectivity index (χ2n) is 7.60. The molecule has 0 aromatic heterocycles. The summed E-state index contributed by atoms with van der Waals surface area (Å²) in [7, 11) is 0. The number of nitrogens with zero attached hydrogens (tertiary/aromatic N) is 3. The molecule has 2 aliphatic rings. The predicted octanol–water partition coefficient (Wildman–Crippen LogP) is 2.61. The van der Waals surface area contributed by atoms with Gasteiger partial charge in [0.15, 0.2) is 6.61 Å². The largest absolute Gasteiger partial charge is 0.482 e. The quantitative estimate of drug-likeness (QED) is 0.731. The Morgan fingerprint density at radius 1 is 1.00 bits per heavy atom. The normalized spacial score (nSPS) is 16.1. The van der Waals surface area contributed by atoms with Crippen LogP contribution in [0, 0.1) is 0 Å². The SMILES string of the molecule is CCc1ccc(C(=O)N2CCN(C(=O)CN3C(=O)COc4ccc(Cl)cc43)CC2)cc1. The van der Waals surface area contributed by atoms with E-state index in [-0.39, 0.29) is 30.9 Å². The van der Waals surface area contributed by atoms with E-state index in [1.165, 1.54) is 10.5 Å². The molecule has 7 nitrogen and oxygen atoms in total. The number of hydrogen-bond donors (Lipinski definition) is 0. The summed E-state index contributed by atoms with van der Waals surface area (Å²) < 4.78 is 5.43. The minimum Gasteiger partial charge on any atom is -0.482 e. The smallest absolute Gasteiger partial charge is 0.265 e. The van der Waals surface area contributed by atoms with Crippen molar-refractivity contribution in [3.05, 3.63) is 58.6 Å². The molecule has 8 heteroatoms. The zero-order valence-electron chi connectivity index (χ0n) is 17.3. The van der Waals surface area contributed by atoms with Crippen LogP contribution in [0.15, 0.2) is 42.5 Å². The van der Waals surface area contributed by atoms with Crippen LogP contribution in [0.5, 0.6) is 5.75 Å². The highest BCUT2D eigenvalue weighted by molar-refractivity contribution is 6.31. The number of aryl methyl sites for hydroxylation is 1. The van der Waals surface area contributed by atoms with Gasteiger partial charge in [-0.2, -0.15) is 0 Å². The average Bonchev–Trinajstić information content (AvgIpc) is 2.80. The van der Waals surface area contributed by atoms with E-state index >= 15 is 0 Å². The van der Waals surface area contributed by atoms with Crippen LogP contribution in [-0.2, 0) is 16.0 Å². The molecule has 0 saturated carbocycles. The fourth-order valence-corrected chi connectivity index (χ4v) is 3.97. The first-order valence-electron chi connectivity index (χ1n) is 10.3. The van der Waals surface area contributed by atoms with Gasteiger partial charge in [-0.15, -0.1) is 0 Å². The standard InChI is InChI=1S/C23H24ClN3O4/c1-2-16-3-5-17(6-4-16)23(30)26-11-9-25(10-12-26)21(28)14-27-19-13-18(24)7-8-20(19)31-15-22(27)29/h3-8,13H,2,9-12,14-15H2,1H3. The lowest BCUT2D eigenvalue weighted by molar-refractivity contribution is -0.133. The summed E-state index contributed by atoms with van der Waals surface area (Å²) in [5.41, 5.74) is 2.35. The number of carbonyl (C=O) groups excluding carboxylic acids is 3. The summed E-state index contributed by atoms with van der Waals surface area (Å²) in [6, 6.07) is 12.6. The number of hydrogen-bond acceptors (Lipinski definition) is 4. The lowest BCUT2D eigenvalue weighted by atomic mass is 10.1. The molecule has 2 aromatic carbocycles. The van der Waals surface area contributed by atoms with Crippen LogP contribution < -0.4 is 9.64 Å². The van der Waals surface area contributed by atoms with Gasteiger partial charge in [0.2, 0.25) is 5.91 Å². The van der Waals surface area contributed by atoms with E-state index in [0.717, 1.165) is 6.42 Å². The summed E-state index contributed by atoms with van der Waals surface area (Å²) in [4.78, 5) is 42.9. The van der Waals surface area contributed by atoms with Crippen molar-refractivity contribution in [2.75, 3.05) is 44.2 Å². The maximum absolute atomic E-state index is 12.9. The third-order valence-corrected chi connectivity index (χ3v) is 5.92. The van der Waals surface area contributed by atoms with E-state index in [4.69, 9.17) is 16.3 Å². The molecule has 31 heavy (non-hydrogen) atoms. The van der Waals surface area contributed by atoms with Crippen molar-refractivity contribution in [3.63, 3.8) is 0 Å². The highest BCUT2D eigenvalue weighted by Crippen LogP contribution is 2.34. The maximum Gasteiger partial charge on any atom is 0.265 e. The van der Waals surface area contributed by atoms with E-state index < -0.39 is 0 Å². The lowest BCUT2D eigenvalue weighted by Crippen LogP contribution is -2.53. The molecule has 4 rings (SSSR count). The molecule has 2 aliphatic heterocycles. The summed E-state index contributed by atoms with van der Waals surface area (Å²) in [5.74, 6) is 0.0519. The molecule has 0 bridgehead atoms. The van der Waals surface area contributed by atoms with E-state index in [0.29, 0.717) is 48.2 Å². The van der Waals surface area contributed by atoms with Crippen molar-refractivity contribution in [2.45, 2.75) is 13.3 Å². The zero-order chi connectivity index (χ0) is 22.0. The Hall–Kier alpha value is -3.06. The highest BCUT2D eigenvalue weighted by atomic mass is 35.5. The number of ether oxygens (including phenoxy) is 1. The summed E-state index contributed by atoms with van der Waals surface area (Å²) in [6.45, 7) is 3.66. The van der Waals surface area contributed by atoms with E-state index in [1.54, 1.807) is 28.0 Å². The molecule has 1 fully saturated rings. The molecule has 3 amide bonds. The van der Waals surface area contributed by atoms with Crippen LogP contribution in [-0.4, -0.2) is 66.9 Å². The molecule has 0 unspecified atom stereocenters. The van der Waals surface area contributed by atoms with Crippen LogP contribution >= 0.6 is 11.6 Å². The lowest BCUT2D eigenvalue weighted by Gasteiger charge is -2.36. The highest BCUT2D eigenvalue weighted by Gasteiger charge is 2.31. The van der Waals surface area contributed by atoms with Gasteiger partial charge < -0.3 is 14.5 Å². The van der Waals surface area contributed by atoms with Gasteiger partial charge in [-0.25, -0.2) is 0 Å². The molecular weight excluding hydrogens is 418 g/mol. The van der Waals surface area contributed by atoms with E-state index in [2.05, 4.69) is 6.92 Å². The van der Waals surface area contributed by atoms with Gasteiger partial charge in [0, 0.05) is 36.8 Å². The molecule has 0 spiro atoms. The first-order valence-corrected chi connectivity index (χ1v) is 10.7. The summed E-state index contributed by atoms with van der Waals surface area (Å²) in [5, 5.41) is 0.466. The minimum atomic E-state index is -0.285. The monoisotopic (exact) mass is 441 g/mol. The van der Waals surface area contributed by atoms with E-state index in [9.17, 15) is 14.4 Å². The van der Waals surface area contributed by atoms with Gasteiger partial charge >= 0.3 is 0 Å². The van der Waals surface area contributed by atoms with Gasteiger partial charge in [0.25, 0.3) is 11.8 Å². The van der Waals surface area contributed by atoms with Crippen LogP contribution in [0.4, 0.5) is 5.69 Å². The Morgan fingerprint density at radius 3 is 2.35 bits per heavy atom. The molecule has 0 aliphatic carbocycles. The third-order valence-electron chi connectivity index (χ3n) is 5.69. The molecule has 162 valence electrons. The first kappa shape index (κ1) is 21.2. The van der Waals surface area contributed by atoms with Gasteiger partial charge in [-0.3, -0.25) is 19.3 Å². The minimum absolute atomic E-state index is 0.0262. The van der Waals surface area contributed by atoms with Crippen LogP contribution in [0.1, 0.15) is 22.8 Å². The Labute approximate surface area is 186 Å². The van der Waals surface area contributed by atoms with Gasteiger partial charge in [0.05, 0.1) is 5.69 Å². The average molecular weight is 442 g/mol. The second kappa shape index (κ2) is 8.98. The molecule has 0 atom stereocenters. The second-order valence-corrected chi connectivity index (χ2v) is 8.04. The molecular formula is C23H24ClN3O4. The van der Waals surface area contributed by atoms with Gasteiger partial charge in [0.1, 0.15) is 12.3 Å². The Kier molecular flexibility index (Phi) is 6.13. The van der Waals surface area contributed by atoms with Gasteiger partial charge in [-0.05, 0) is 42.3 Å². The van der Waals surface area contributed by atoms with Crippen molar-refractivity contribution >= 4 is 35.0 Å². The fourth-order valence-electron chi connectivity index (χ4n) is 3.81. The number of fused-ring (bicyclic) bond motifs is 1. The number of anilines is 1. The number of amides is 3. The van der Waals surface area contributed by atoms with E-state index in [1.807, 2.05) is 24.3 Å². The van der Waals surface area contributed by atoms with Crippen molar-refractivity contribution < 1.29 is 19.1 Å². The van der Waals surface area contributed by atoms with Crippen LogP contribution in [0.25, 0.3) is 0 Å². The van der Waals surface area contributed by atoms with Crippen LogP contribution in [0.2, 0.25) is 5.02 Å². The maximum atomic E-state index is 12.9. The van der Waals surface area contributed by atoms with Crippen LogP contribution in [0.3, 0.4) is 0 Å². The Bertz CT molecular complexity index is 1000. The predicted molar refractivity (Wildman–Crippen MR) is 118 cm³/mol. The van der Waals surface area contributed by atoms with Crippen molar-refractivity contribution in [1.82, 2.24) is 9.80 Å². The molecule has 0 N–H and O–H groups in total. The van der Waals surface area contributed by atoms with Crippen molar-refractivity contribution in [1.29, 1.82) is 0 Å². The zero-order valence-corrected chi connectivity index (χ0v) is 18.1. The number of piperazine rings is 1. The molecule has 2 aromatic rings. The first-order chi connectivity index (χ1) is 15.0. The Balaban J connectivity index is 1.37. The fraction of sp³-hybridized carbons (Fsp3) is 0.348. The molecule has 0 radical (unpaired) electrons. The summed E-state index contributed by atoms with van der Waals surface area (Å²) >= 11 is 6.06. The third kappa shape index (κ3) is 4.51. The van der Waals surface area contributed by atoms with Crippen molar-refractivity contribution in [3.8, 4) is 5.75 Å². The van der Waals surface area contributed by atoms with Crippen molar-refractivity contribution in [2.24, 2.45) is 0 Å². The Morgan fingerprint density at radius 2 is 1.68 bits per heavy atom. The molecule has 1 saturated heterocycles. The molecule has 2 heterocycles.